The molecule has 1 aliphatic rings. The molecule has 0 saturated carbocycles. The lowest BCUT2D eigenvalue weighted by Crippen LogP contribution is -2.16. The Morgan fingerprint density at radius 2 is 2.06 bits per heavy atom. The van der Waals surface area contributed by atoms with Crippen LogP contribution in [-0.2, 0) is 16.1 Å². The third kappa shape index (κ3) is 5.70. The summed E-state index contributed by atoms with van der Waals surface area (Å²) in [7, 11) is 0. The summed E-state index contributed by atoms with van der Waals surface area (Å²) in [6.45, 7) is 3.05. The van der Waals surface area contributed by atoms with Gasteiger partial charge in [-0.1, -0.05) is 24.3 Å². The average molecular weight is 435 g/mol. The molecule has 0 aliphatic carbocycles. The van der Waals surface area contributed by atoms with Crippen molar-refractivity contribution in [1.82, 2.24) is 15.0 Å². The van der Waals surface area contributed by atoms with E-state index in [1.807, 2.05) is 31.2 Å². The van der Waals surface area contributed by atoms with E-state index in [1.54, 1.807) is 24.3 Å². The van der Waals surface area contributed by atoms with E-state index in [0.717, 1.165) is 30.7 Å². The van der Waals surface area contributed by atoms with Crippen LogP contribution in [0.3, 0.4) is 0 Å². The van der Waals surface area contributed by atoms with Gasteiger partial charge in [-0.15, -0.1) is 0 Å². The van der Waals surface area contributed by atoms with Crippen LogP contribution in [0.4, 0.5) is 17.6 Å². The topological polar surface area (TPSA) is 121 Å². The van der Waals surface area contributed by atoms with Gasteiger partial charge in [0.1, 0.15) is 12.4 Å². The minimum absolute atomic E-state index is 0.0339. The smallest absolute Gasteiger partial charge is 0.338 e. The second kappa shape index (κ2) is 10.1. The molecule has 3 N–H and O–H groups in total. The number of ether oxygens (including phenoxy) is 3. The predicted molar refractivity (Wildman–Crippen MR) is 119 cm³/mol. The van der Waals surface area contributed by atoms with E-state index >= 15 is 0 Å². The summed E-state index contributed by atoms with van der Waals surface area (Å²) < 4.78 is 16.7. The van der Waals surface area contributed by atoms with E-state index < -0.39 is 5.97 Å². The van der Waals surface area contributed by atoms with Crippen molar-refractivity contribution >= 4 is 23.6 Å². The van der Waals surface area contributed by atoms with Crippen molar-refractivity contribution in [2.24, 2.45) is 0 Å². The number of nitrogen functional groups attached to an aromatic ring is 1. The van der Waals surface area contributed by atoms with Crippen molar-refractivity contribution in [2.75, 3.05) is 24.3 Å². The van der Waals surface area contributed by atoms with Gasteiger partial charge >= 0.3 is 5.97 Å². The van der Waals surface area contributed by atoms with Crippen LogP contribution in [0, 0.1) is 6.92 Å². The molecule has 1 atom stereocenters. The van der Waals surface area contributed by atoms with Crippen LogP contribution >= 0.6 is 0 Å². The maximum Gasteiger partial charge on any atom is 0.338 e. The van der Waals surface area contributed by atoms with Crippen LogP contribution in [0.5, 0.6) is 5.75 Å². The summed E-state index contributed by atoms with van der Waals surface area (Å²) in [5, 5.41) is 3.11. The fourth-order valence-electron chi connectivity index (χ4n) is 3.28. The maximum atomic E-state index is 12.5. The molecule has 0 amide bonds. The molecule has 1 saturated heterocycles. The van der Waals surface area contributed by atoms with Gasteiger partial charge in [0.05, 0.1) is 11.7 Å². The number of hydrogen-bond donors (Lipinski definition) is 2. The summed E-state index contributed by atoms with van der Waals surface area (Å²) in [5.41, 5.74) is 8.05. The molecule has 2 heterocycles. The van der Waals surface area contributed by atoms with E-state index in [9.17, 15) is 4.79 Å². The molecule has 4 rings (SSSR count). The minimum atomic E-state index is -0.514. The molecule has 9 nitrogen and oxygen atoms in total. The Hall–Kier alpha value is -3.72. The van der Waals surface area contributed by atoms with Gasteiger partial charge in [-0.3, -0.25) is 0 Å². The number of nitrogens with zero attached hydrogens (tertiary/aromatic N) is 3. The van der Waals surface area contributed by atoms with Crippen LogP contribution < -0.4 is 15.8 Å². The highest BCUT2D eigenvalue weighted by molar-refractivity contribution is 5.89. The lowest BCUT2D eigenvalue weighted by molar-refractivity contribution is 0.0461. The Balaban J connectivity index is 1.37. The Morgan fingerprint density at radius 1 is 1.19 bits per heavy atom. The first-order valence-corrected chi connectivity index (χ1v) is 10.4. The predicted octanol–water partition coefficient (Wildman–Crippen LogP) is 3.42. The number of para-hydroxylation sites is 1. The lowest BCUT2D eigenvalue weighted by Gasteiger charge is -2.12. The third-order valence-electron chi connectivity index (χ3n) is 4.95. The molecule has 32 heavy (non-hydrogen) atoms. The van der Waals surface area contributed by atoms with Gasteiger partial charge in [-0.25, -0.2) is 4.79 Å². The van der Waals surface area contributed by atoms with Crippen molar-refractivity contribution in [3.8, 4) is 5.75 Å². The molecule has 9 heteroatoms. The van der Waals surface area contributed by atoms with Gasteiger partial charge in [-0.05, 0) is 49.6 Å². The lowest BCUT2D eigenvalue weighted by atomic mass is 10.2. The number of rotatable bonds is 8. The van der Waals surface area contributed by atoms with Gasteiger partial charge in [0.15, 0.2) is 12.4 Å². The second-order valence-corrected chi connectivity index (χ2v) is 7.42. The van der Waals surface area contributed by atoms with Crippen molar-refractivity contribution < 1.29 is 19.0 Å². The molecule has 0 bridgehead atoms. The standard InChI is InChI=1S/C23H25N5O4/c1-15-6-2-3-10-19(15)25-23-27-20(26-22(24)28-23)14-32-21(29)16-7-4-8-17(12-16)31-13-18-9-5-11-30-18/h2-4,6-8,10,12,18H,5,9,11,13-14H2,1H3,(H3,24,25,26,27,28). The largest absolute Gasteiger partial charge is 0.491 e. The number of carbonyl (C=O) groups is 1. The van der Waals surface area contributed by atoms with Gasteiger partial charge < -0.3 is 25.3 Å². The molecule has 2 aromatic carbocycles. The summed E-state index contributed by atoms with van der Waals surface area (Å²) >= 11 is 0. The first-order chi connectivity index (χ1) is 15.6. The van der Waals surface area contributed by atoms with Crippen molar-refractivity contribution in [3.05, 3.63) is 65.5 Å². The highest BCUT2D eigenvalue weighted by Gasteiger charge is 2.17. The summed E-state index contributed by atoms with van der Waals surface area (Å²) in [5.74, 6) is 0.630. The summed E-state index contributed by atoms with van der Waals surface area (Å²) in [4.78, 5) is 25.0. The molecule has 1 aromatic heterocycles. The summed E-state index contributed by atoms with van der Waals surface area (Å²) in [6, 6.07) is 14.6. The van der Waals surface area contributed by atoms with Gasteiger partial charge in [0, 0.05) is 12.3 Å². The fraction of sp³-hybridized carbons (Fsp3) is 0.304. The molecular formula is C23H25N5O4. The van der Waals surface area contributed by atoms with E-state index in [4.69, 9.17) is 19.9 Å². The zero-order valence-electron chi connectivity index (χ0n) is 17.8. The zero-order valence-corrected chi connectivity index (χ0v) is 17.8. The maximum absolute atomic E-state index is 12.5. The number of hydrogen-bond acceptors (Lipinski definition) is 9. The van der Waals surface area contributed by atoms with E-state index in [-0.39, 0.29) is 30.4 Å². The van der Waals surface area contributed by atoms with E-state index in [0.29, 0.717) is 17.9 Å². The zero-order chi connectivity index (χ0) is 22.3. The first-order valence-electron chi connectivity index (χ1n) is 10.4. The number of nitrogens with one attached hydrogen (secondary N) is 1. The molecule has 0 radical (unpaired) electrons. The molecule has 166 valence electrons. The Bertz CT molecular complexity index is 1090. The van der Waals surface area contributed by atoms with Crippen molar-refractivity contribution in [2.45, 2.75) is 32.5 Å². The number of aryl methyl sites for hydroxylation is 1. The minimum Gasteiger partial charge on any atom is -0.491 e. The first kappa shape index (κ1) is 21.5. The fourth-order valence-corrected chi connectivity index (χ4v) is 3.28. The highest BCUT2D eigenvalue weighted by atomic mass is 16.5. The van der Waals surface area contributed by atoms with Crippen LogP contribution in [-0.4, -0.2) is 40.2 Å². The quantitative estimate of drug-likeness (QED) is 0.513. The summed E-state index contributed by atoms with van der Waals surface area (Å²) in [6.07, 6.45) is 2.13. The Kier molecular flexibility index (Phi) is 6.76. The molecule has 0 spiro atoms. The van der Waals surface area contributed by atoms with Crippen LogP contribution in [0.1, 0.15) is 34.6 Å². The van der Waals surface area contributed by atoms with Crippen molar-refractivity contribution in [1.29, 1.82) is 0 Å². The second-order valence-electron chi connectivity index (χ2n) is 7.42. The van der Waals surface area contributed by atoms with Crippen LogP contribution in [0.25, 0.3) is 0 Å². The SMILES string of the molecule is Cc1ccccc1Nc1nc(N)nc(COC(=O)c2cccc(OCC3CCCO3)c2)n1. The Labute approximate surface area is 186 Å². The molecule has 1 aliphatic heterocycles. The highest BCUT2D eigenvalue weighted by Crippen LogP contribution is 2.19. The number of benzene rings is 2. The van der Waals surface area contributed by atoms with E-state index in [1.165, 1.54) is 0 Å². The molecule has 1 fully saturated rings. The van der Waals surface area contributed by atoms with Crippen LogP contribution in [0.15, 0.2) is 48.5 Å². The number of nitrogens with two attached hydrogens (primary N) is 1. The molecular weight excluding hydrogens is 410 g/mol. The normalized spacial score (nSPS) is 15.3. The van der Waals surface area contributed by atoms with Crippen LogP contribution in [0.2, 0.25) is 0 Å². The number of carbonyl (C=O) groups excluding carboxylic acids is 1. The molecule has 1 unspecified atom stereocenters. The third-order valence-corrected chi connectivity index (χ3v) is 4.95. The number of esters is 1. The van der Waals surface area contributed by atoms with Crippen molar-refractivity contribution in [3.63, 3.8) is 0 Å². The average Bonchev–Trinajstić information content (AvgIpc) is 3.31. The monoisotopic (exact) mass is 435 g/mol. The number of anilines is 3. The van der Waals surface area contributed by atoms with Gasteiger partial charge in [-0.2, -0.15) is 15.0 Å². The van der Waals surface area contributed by atoms with E-state index in [2.05, 4.69) is 20.3 Å². The number of aromatic nitrogens is 3. The Morgan fingerprint density at radius 3 is 2.88 bits per heavy atom. The molecule has 3 aromatic rings. The van der Waals surface area contributed by atoms with Gasteiger partial charge in [0.2, 0.25) is 11.9 Å². The van der Waals surface area contributed by atoms with Gasteiger partial charge in [0.25, 0.3) is 0 Å².